The van der Waals surface area contributed by atoms with Crippen LogP contribution in [0.15, 0.2) is 18.3 Å². The molecule has 0 aliphatic carbocycles. The smallest absolute Gasteiger partial charge is 0.358 e. The van der Waals surface area contributed by atoms with Gasteiger partial charge in [0.1, 0.15) is 11.0 Å². The minimum atomic E-state index is -0.413. The van der Waals surface area contributed by atoms with Crippen LogP contribution in [-0.4, -0.2) is 27.1 Å². The van der Waals surface area contributed by atoms with Gasteiger partial charge in [-0.25, -0.2) is 14.8 Å². The molecule has 2 aromatic heterocycles. The lowest BCUT2D eigenvalue weighted by atomic mass is 10.3. The van der Waals surface area contributed by atoms with E-state index in [9.17, 15) is 4.79 Å². The second-order valence-electron chi connectivity index (χ2n) is 4.02. The van der Waals surface area contributed by atoms with Crippen molar-refractivity contribution >= 4 is 17.6 Å². The van der Waals surface area contributed by atoms with Gasteiger partial charge >= 0.3 is 5.97 Å². The number of halogens is 1. The van der Waals surface area contributed by atoms with E-state index in [1.807, 2.05) is 24.6 Å². The van der Waals surface area contributed by atoms with Crippen LogP contribution < -0.4 is 0 Å². The molecule has 0 atom stereocenters. The van der Waals surface area contributed by atoms with Crippen molar-refractivity contribution in [3.8, 4) is 11.4 Å². The summed E-state index contributed by atoms with van der Waals surface area (Å²) in [5, 5.41) is 0.417. The Bertz CT molecular complexity index is 605. The first-order chi connectivity index (χ1) is 9.04. The van der Waals surface area contributed by atoms with Crippen molar-refractivity contribution in [1.29, 1.82) is 0 Å². The van der Waals surface area contributed by atoms with Crippen LogP contribution in [0.25, 0.3) is 11.4 Å². The van der Waals surface area contributed by atoms with Gasteiger partial charge in [0.15, 0.2) is 5.69 Å². The van der Waals surface area contributed by atoms with E-state index >= 15 is 0 Å². The van der Waals surface area contributed by atoms with Crippen molar-refractivity contribution in [3.05, 3.63) is 34.9 Å². The Balaban J connectivity index is 2.45. The summed E-state index contributed by atoms with van der Waals surface area (Å²) in [6, 6.07) is 3.50. The third-order valence-electron chi connectivity index (χ3n) is 2.84. The fourth-order valence-electron chi connectivity index (χ4n) is 1.74. The van der Waals surface area contributed by atoms with Crippen molar-refractivity contribution in [2.24, 2.45) is 7.05 Å². The lowest BCUT2D eigenvalue weighted by Crippen LogP contribution is -2.07. The van der Waals surface area contributed by atoms with Crippen LogP contribution in [0.5, 0.6) is 0 Å². The van der Waals surface area contributed by atoms with Gasteiger partial charge in [-0.15, -0.1) is 0 Å². The lowest BCUT2D eigenvalue weighted by Gasteiger charge is -2.02. The molecule has 2 aromatic rings. The average molecular weight is 280 g/mol. The van der Waals surface area contributed by atoms with Crippen LogP contribution in [0.2, 0.25) is 5.15 Å². The maximum atomic E-state index is 11.8. The SMILES string of the molecule is CCOC(=O)c1nc(-c2ccc(Cl)nc2)n(C)c1C. The summed E-state index contributed by atoms with van der Waals surface area (Å²) in [7, 11) is 1.84. The molecule has 0 bridgehead atoms. The topological polar surface area (TPSA) is 57.0 Å². The standard InChI is InChI=1S/C13H14ClN3O2/c1-4-19-13(18)11-8(2)17(3)12(16-11)9-5-6-10(14)15-7-9/h5-7H,4H2,1-3H3. The number of carbonyl (C=O) groups is 1. The molecule has 100 valence electrons. The molecule has 0 unspecified atom stereocenters. The summed E-state index contributed by atoms with van der Waals surface area (Å²) in [6.45, 7) is 3.92. The number of rotatable bonds is 3. The minimum absolute atomic E-state index is 0.326. The molecule has 0 saturated carbocycles. The normalized spacial score (nSPS) is 10.5. The van der Waals surface area contributed by atoms with Gasteiger partial charge in [-0.2, -0.15) is 0 Å². The molecule has 0 fully saturated rings. The quantitative estimate of drug-likeness (QED) is 0.640. The second-order valence-corrected chi connectivity index (χ2v) is 4.41. The Morgan fingerprint density at radius 2 is 2.21 bits per heavy atom. The second kappa shape index (κ2) is 5.40. The van der Waals surface area contributed by atoms with E-state index in [4.69, 9.17) is 16.3 Å². The summed E-state index contributed by atoms with van der Waals surface area (Å²) in [5.41, 5.74) is 1.88. The van der Waals surface area contributed by atoms with Gasteiger partial charge < -0.3 is 9.30 Å². The minimum Gasteiger partial charge on any atom is -0.461 e. The Kier molecular flexibility index (Phi) is 3.85. The monoisotopic (exact) mass is 279 g/mol. The van der Waals surface area contributed by atoms with Crippen molar-refractivity contribution in [3.63, 3.8) is 0 Å². The first-order valence-electron chi connectivity index (χ1n) is 5.87. The highest BCUT2D eigenvalue weighted by Gasteiger charge is 2.19. The Hall–Kier alpha value is -1.88. The summed E-state index contributed by atoms with van der Waals surface area (Å²) >= 11 is 5.75. The predicted octanol–water partition coefficient (Wildman–Crippen LogP) is 2.62. The molecule has 5 nitrogen and oxygen atoms in total. The molecule has 0 aliphatic rings. The number of ether oxygens (including phenoxy) is 1. The Labute approximate surface area is 116 Å². The molecule has 0 N–H and O–H groups in total. The van der Waals surface area contributed by atoms with E-state index in [2.05, 4.69) is 9.97 Å². The van der Waals surface area contributed by atoms with Gasteiger partial charge in [0.05, 0.1) is 6.61 Å². The van der Waals surface area contributed by atoms with E-state index in [0.717, 1.165) is 11.3 Å². The first-order valence-corrected chi connectivity index (χ1v) is 6.24. The fourth-order valence-corrected chi connectivity index (χ4v) is 1.85. The highest BCUT2D eigenvalue weighted by atomic mass is 35.5. The summed E-state index contributed by atoms with van der Waals surface area (Å²) < 4.78 is 6.81. The van der Waals surface area contributed by atoms with E-state index in [0.29, 0.717) is 23.3 Å². The van der Waals surface area contributed by atoms with Crippen molar-refractivity contribution in [1.82, 2.24) is 14.5 Å². The number of nitrogens with zero attached hydrogens (tertiary/aromatic N) is 3. The van der Waals surface area contributed by atoms with Crippen molar-refractivity contribution < 1.29 is 9.53 Å². The number of imidazole rings is 1. The van der Waals surface area contributed by atoms with Crippen LogP contribution in [0.3, 0.4) is 0 Å². The molecule has 2 rings (SSSR count). The van der Waals surface area contributed by atoms with Gasteiger partial charge in [0.25, 0.3) is 0 Å². The Morgan fingerprint density at radius 1 is 1.47 bits per heavy atom. The molecular formula is C13H14ClN3O2. The number of esters is 1. The number of aromatic nitrogens is 3. The van der Waals surface area contributed by atoms with Crippen LogP contribution in [0.4, 0.5) is 0 Å². The lowest BCUT2D eigenvalue weighted by molar-refractivity contribution is 0.0519. The van der Waals surface area contributed by atoms with Crippen LogP contribution in [-0.2, 0) is 11.8 Å². The summed E-state index contributed by atoms with van der Waals surface area (Å²) in [6.07, 6.45) is 1.62. The van der Waals surface area contributed by atoms with E-state index in [1.165, 1.54) is 0 Å². The zero-order chi connectivity index (χ0) is 14.0. The van der Waals surface area contributed by atoms with Gasteiger partial charge in [0.2, 0.25) is 0 Å². The van der Waals surface area contributed by atoms with Crippen LogP contribution >= 0.6 is 11.6 Å². The van der Waals surface area contributed by atoms with E-state index in [1.54, 1.807) is 19.2 Å². The van der Waals surface area contributed by atoms with Crippen molar-refractivity contribution in [2.75, 3.05) is 6.61 Å². The first kappa shape index (κ1) is 13.5. The maximum Gasteiger partial charge on any atom is 0.358 e. The summed E-state index contributed by atoms with van der Waals surface area (Å²) in [5.74, 6) is 0.244. The molecule has 0 saturated heterocycles. The highest BCUT2D eigenvalue weighted by Crippen LogP contribution is 2.22. The fraction of sp³-hybridized carbons (Fsp3) is 0.308. The molecule has 6 heteroatoms. The zero-order valence-corrected chi connectivity index (χ0v) is 11.7. The van der Waals surface area contributed by atoms with Gasteiger partial charge in [0, 0.05) is 24.5 Å². The van der Waals surface area contributed by atoms with Crippen LogP contribution in [0.1, 0.15) is 23.1 Å². The molecular weight excluding hydrogens is 266 g/mol. The summed E-state index contributed by atoms with van der Waals surface area (Å²) in [4.78, 5) is 20.1. The predicted molar refractivity (Wildman–Crippen MR) is 72.1 cm³/mol. The van der Waals surface area contributed by atoms with Gasteiger partial charge in [-0.05, 0) is 26.0 Å². The van der Waals surface area contributed by atoms with E-state index in [-0.39, 0.29) is 0 Å². The number of pyridine rings is 1. The largest absolute Gasteiger partial charge is 0.461 e. The van der Waals surface area contributed by atoms with Gasteiger partial charge in [-0.3, -0.25) is 0 Å². The average Bonchev–Trinajstić information content (AvgIpc) is 2.68. The Morgan fingerprint density at radius 3 is 2.79 bits per heavy atom. The molecule has 19 heavy (non-hydrogen) atoms. The molecule has 0 radical (unpaired) electrons. The molecule has 0 aromatic carbocycles. The third kappa shape index (κ3) is 2.61. The van der Waals surface area contributed by atoms with Crippen molar-refractivity contribution in [2.45, 2.75) is 13.8 Å². The van der Waals surface area contributed by atoms with Crippen LogP contribution in [0, 0.1) is 6.92 Å². The molecule has 2 heterocycles. The maximum absolute atomic E-state index is 11.8. The molecule has 0 amide bonds. The number of hydrogen-bond acceptors (Lipinski definition) is 4. The van der Waals surface area contributed by atoms with Gasteiger partial charge in [-0.1, -0.05) is 11.6 Å². The highest BCUT2D eigenvalue weighted by molar-refractivity contribution is 6.29. The number of carbonyl (C=O) groups excluding carboxylic acids is 1. The number of hydrogen-bond donors (Lipinski definition) is 0. The molecule has 0 aliphatic heterocycles. The zero-order valence-electron chi connectivity index (χ0n) is 11.0. The van der Waals surface area contributed by atoms with E-state index < -0.39 is 5.97 Å². The third-order valence-corrected chi connectivity index (χ3v) is 3.06. The molecule has 0 spiro atoms.